The maximum atomic E-state index is 11.9. The molecule has 0 aromatic heterocycles. The zero-order chi connectivity index (χ0) is 14.0. The van der Waals surface area contributed by atoms with Crippen LogP contribution in [0.3, 0.4) is 0 Å². The van der Waals surface area contributed by atoms with Crippen molar-refractivity contribution in [1.29, 1.82) is 0 Å². The molecule has 0 spiro atoms. The van der Waals surface area contributed by atoms with Crippen LogP contribution in [0.1, 0.15) is 32.6 Å². The second-order valence-electron chi connectivity index (χ2n) is 5.34. The van der Waals surface area contributed by atoms with E-state index in [1.54, 1.807) is 0 Å². The fraction of sp³-hybridized carbons (Fsp3) is 0.714. The molecule has 5 atom stereocenters. The fourth-order valence-electron chi connectivity index (χ4n) is 3.26. The first-order valence-electron chi connectivity index (χ1n) is 6.83. The second kappa shape index (κ2) is 5.74. The largest absolute Gasteiger partial charge is 0.481 e. The summed E-state index contributed by atoms with van der Waals surface area (Å²) < 4.78 is 4.96. The molecule has 2 N–H and O–H groups in total. The van der Waals surface area contributed by atoms with Crippen LogP contribution < -0.4 is 0 Å². The Kier molecular flexibility index (Phi) is 4.24. The van der Waals surface area contributed by atoms with Crippen LogP contribution in [-0.4, -0.2) is 28.4 Å². The van der Waals surface area contributed by atoms with Crippen molar-refractivity contribution < 1.29 is 24.5 Å². The Hall–Kier alpha value is -1.36. The zero-order valence-corrected chi connectivity index (χ0v) is 11.0. The Labute approximate surface area is 112 Å². The number of aliphatic carboxylic acids is 1. The van der Waals surface area contributed by atoms with E-state index in [4.69, 9.17) is 9.84 Å². The molecule has 19 heavy (non-hydrogen) atoms. The quantitative estimate of drug-likeness (QED) is 0.584. The molecule has 0 bridgehead atoms. The molecule has 1 saturated heterocycles. The minimum absolute atomic E-state index is 0.0169. The molecule has 106 valence electrons. The third-order valence-electron chi connectivity index (χ3n) is 4.21. The van der Waals surface area contributed by atoms with Gasteiger partial charge in [-0.2, -0.15) is 0 Å². The molecule has 2 aliphatic rings. The average molecular weight is 268 g/mol. The minimum Gasteiger partial charge on any atom is -0.481 e. The summed E-state index contributed by atoms with van der Waals surface area (Å²) in [4.78, 5) is 22.4. The van der Waals surface area contributed by atoms with Gasteiger partial charge in [-0.15, -0.1) is 0 Å². The fourth-order valence-corrected chi connectivity index (χ4v) is 3.26. The molecule has 0 aromatic rings. The van der Waals surface area contributed by atoms with Crippen molar-refractivity contribution >= 4 is 11.9 Å². The molecule has 1 fully saturated rings. The van der Waals surface area contributed by atoms with E-state index in [2.05, 4.69) is 0 Å². The second-order valence-corrected chi connectivity index (χ2v) is 5.34. The highest BCUT2D eigenvalue weighted by Gasteiger charge is 2.51. The Morgan fingerprint density at radius 3 is 2.68 bits per heavy atom. The van der Waals surface area contributed by atoms with Crippen LogP contribution in [0, 0.1) is 23.7 Å². The van der Waals surface area contributed by atoms with E-state index in [1.165, 1.54) is 0 Å². The highest BCUT2D eigenvalue weighted by molar-refractivity contribution is 5.76. The van der Waals surface area contributed by atoms with Crippen molar-refractivity contribution in [3.05, 3.63) is 12.2 Å². The van der Waals surface area contributed by atoms with Gasteiger partial charge >= 0.3 is 11.9 Å². The molecule has 1 aliphatic carbocycles. The van der Waals surface area contributed by atoms with Gasteiger partial charge in [0.05, 0.1) is 5.92 Å². The van der Waals surface area contributed by atoms with Crippen molar-refractivity contribution in [3.63, 3.8) is 0 Å². The van der Waals surface area contributed by atoms with Crippen LogP contribution in [0.5, 0.6) is 0 Å². The number of carbonyl (C=O) groups excluding carboxylic acids is 1. The van der Waals surface area contributed by atoms with Gasteiger partial charge in [-0.3, -0.25) is 9.59 Å². The van der Waals surface area contributed by atoms with Crippen molar-refractivity contribution in [3.8, 4) is 0 Å². The predicted octanol–water partition coefficient (Wildman–Crippen LogP) is 1.56. The highest BCUT2D eigenvalue weighted by Crippen LogP contribution is 2.44. The molecule has 5 heteroatoms. The van der Waals surface area contributed by atoms with Crippen molar-refractivity contribution in [1.82, 2.24) is 0 Å². The molecule has 0 radical (unpaired) electrons. The van der Waals surface area contributed by atoms with Gasteiger partial charge in [-0.05, 0) is 31.1 Å². The smallest absolute Gasteiger partial charge is 0.312 e. The van der Waals surface area contributed by atoms with Gasteiger partial charge in [0.2, 0.25) is 6.29 Å². The topological polar surface area (TPSA) is 83.8 Å². The summed E-state index contributed by atoms with van der Waals surface area (Å²) in [5, 5.41) is 18.5. The molecule has 0 aromatic carbocycles. The van der Waals surface area contributed by atoms with E-state index in [-0.39, 0.29) is 36.1 Å². The lowest BCUT2D eigenvalue weighted by molar-refractivity contribution is -0.157. The molecule has 1 heterocycles. The predicted molar refractivity (Wildman–Crippen MR) is 67.0 cm³/mol. The number of aliphatic hydroxyl groups excluding tert-OH is 1. The molecule has 1 aliphatic heterocycles. The summed E-state index contributed by atoms with van der Waals surface area (Å²) >= 11 is 0. The summed E-state index contributed by atoms with van der Waals surface area (Å²) in [6.07, 6.45) is 5.16. The number of allylic oxidation sites excluding steroid dienone is 2. The number of carbonyl (C=O) groups is 2. The number of carboxylic acids is 1. The number of hydrogen-bond donors (Lipinski definition) is 2. The van der Waals surface area contributed by atoms with E-state index >= 15 is 0 Å². The van der Waals surface area contributed by atoms with Gasteiger partial charge in [0.25, 0.3) is 0 Å². The maximum absolute atomic E-state index is 11.9. The van der Waals surface area contributed by atoms with Crippen LogP contribution in [-0.2, 0) is 14.3 Å². The van der Waals surface area contributed by atoms with Gasteiger partial charge in [0, 0.05) is 12.3 Å². The Morgan fingerprint density at radius 2 is 2.05 bits per heavy atom. The lowest BCUT2D eigenvalue weighted by atomic mass is 9.69. The monoisotopic (exact) mass is 268 g/mol. The number of esters is 1. The average Bonchev–Trinajstić information content (AvgIpc) is 2.66. The van der Waals surface area contributed by atoms with Crippen LogP contribution in [0.15, 0.2) is 12.2 Å². The third kappa shape index (κ3) is 2.81. The summed E-state index contributed by atoms with van der Waals surface area (Å²) in [7, 11) is 0. The molecule has 2 rings (SSSR count). The van der Waals surface area contributed by atoms with Crippen LogP contribution >= 0.6 is 0 Å². The summed E-state index contributed by atoms with van der Waals surface area (Å²) in [6, 6.07) is 0. The zero-order valence-electron chi connectivity index (χ0n) is 11.0. The van der Waals surface area contributed by atoms with Gasteiger partial charge in [0.1, 0.15) is 0 Å². The summed E-state index contributed by atoms with van der Waals surface area (Å²) in [6.45, 7) is 2.02. The van der Waals surface area contributed by atoms with Crippen molar-refractivity contribution in [2.24, 2.45) is 23.7 Å². The van der Waals surface area contributed by atoms with E-state index in [9.17, 15) is 14.7 Å². The molecular weight excluding hydrogens is 248 g/mol. The number of fused-ring (bicyclic) bond motifs is 1. The van der Waals surface area contributed by atoms with Crippen LogP contribution in [0.4, 0.5) is 0 Å². The number of cyclic esters (lactones) is 1. The van der Waals surface area contributed by atoms with Gasteiger partial charge < -0.3 is 14.9 Å². The number of hydrogen-bond acceptors (Lipinski definition) is 4. The Bertz CT molecular complexity index is 389. The van der Waals surface area contributed by atoms with Gasteiger partial charge in [-0.1, -0.05) is 19.1 Å². The Morgan fingerprint density at radius 1 is 1.37 bits per heavy atom. The highest BCUT2D eigenvalue weighted by atomic mass is 16.6. The summed E-state index contributed by atoms with van der Waals surface area (Å²) in [5.41, 5.74) is 0. The lowest BCUT2D eigenvalue weighted by Gasteiger charge is -2.32. The number of aliphatic hydroxyl groups is 1. The van der Waals surface area contributed by atoms with E-state index in [0.29, 0.717) is 12.8 Å². The Balaban J connectivity index is 2.08. The molecule has 5 nitrogen and oxygen atoms in total. The first-order valence-corrected chi connectivity index (χ1v) is 6.83. The standard InChI is InChI=1S/C14H20O5/c1-2-8-6-7-9(4-3-5-10(15)16)12-11(8)13(17)19-14(12)18/h6-9,11-13,17H,2-5H2,1H3,(H,15,16). The number of rotatable bonds is 5. The van der Waals surface area contributed by atoms with Crippen LogP contribution in [0.2, 0.25) is 0 Å². The first kappa shape index (κ1) is 14.1. The van der Waals surface area contributed by atoms with E-state index in [0.717, 1.165) is 6.42 Å². The molecule has 5 unspecified atom stereocenters. The van der Waals surface area contributed by atoms with Gasteiger partial charge in [0.15, 0.2) is 0 Å². The number of ether oxygens (including phenoxy) is 1. The lowest BCUT2D eigenvalue weighted by Crippen LogP contribution is -2.35. The van der Waals surface area contributed by atoms with E-state index < -0.39 is 12.3 Å². The number of carboxylic acid groups (broad SMARTS) is 1. The van der Waals surface area contributed by atoms with Crippen LogP contribution in [0.25, 0.3) is 0 Å². The SMILES string of the molecule is CCC1C=CC(CCCC(=O)O)C2C(=O)OC(O)C12. The first-order chi connectivity index (χ1) is 9.04. The van der Waals surface area contributed by atoms with Gasteiger partial charge in [-0.25, -0.2) is 0 Å². The molecule has 0 saturated carbocycles. The molecular formula is C14H20O5. The normalized spacial score (nSPS) is 36.9. The summed E-state index contributed by atoms with van der Waals surface area (Å²) in [5.74, 6) is -1.53. The maximum Gasteiger partial charge on any atom is 0.312 e. The van der Waals surface area contributed by atoms with E-state index in [1.807, 2.05) is 19.1 Å². The minimum atomic E-state index is -1.02. The van der Waals surface area contributed by atoms with Crippen molar-refractivity contribution in [2.45, 2.75) is 38.9 Å². The third-order valence-corrected chi connectivity index (χ3v) is 4.21. The molecule has 0 amide bonds. The van der Waals surface area contributed by atoms with Crippen molar-refractivity contribution in [2.75, 3.05) is 0 Å².